The number of likely N-dealkylation sites (tertiary alicyclic amines) is 1. The first-order chi connectivity index (χ1) is 18.9. The first-order valence-electron chi connectivity index (χ1n) is 14.3. The van der Waals surface area contributed by atoms with Crippen LogP contribution in [0, 0.1) is 6.92 Å². The maximum Gasteiger partial charge on any atom is 0.411 e. The van der Waals surface area contributed by atoms with Crippen molar-refractivity contribution in [3.8, 4) is 0 Å². The van der Waals surface area contributed by atoms with Crippen molar-refractivity contribution in [3.05, 3.63) is 107 Å². The second kappa shape index (κ2) is 10.3. The summed E-state index contributed by atoms with van der Waals surface area (Å²) in [4.78, 5) is 32.9. The maximum absolute atomic E-state index is 15.1. The normalized spacial score (nSPS) is 23.4. The van der Waals surface area contributed by atoms with Gasteiger partial charge in [-0.05, 0) is 23.6 Å². The molecule has 3 aromatic carbocycles. The van der Waals surface area contributed by atoms with Crippen LogP contribution in [0.3, 0.4) is 0 Å². The first kappa shape index (κ1) is 28.4. The zero-order chi connectivity index (χ0) is 28.9. The summed E-state index contributed by atoms with van der Waals surface area (Å²) in [7, 11) is -3.68. The number of aryl methyl sites for hydroxylation is 1. The SMILES string of the molecule is Cc1ccc(C[C@]2(N3C(=O)OC[C@@H]3c3ccccc3)C(=O)N(C([Si](C)(C)C)[Si](C)(C)C)[C@@H]2c2ccccc2)cc1. The first-order valence-corrected chi connectivity index (χ1v) is 21.5. The molecule has 2 fully saturated rings. The predicted octanol–water partition coefficient (Wildman–Crippen LogP) is 7.18. The van der Waals surface area contributed by atoms with E-state index in [0.717, 1.165) is 16.7 Å². The number of hydrogen-bond donors (Lipinski definition) is 0. The highest BCUT2D eigenvalue weighted by molar-refractivity contribution is 6.96. The van der Waals surface area contributed by atoms with Crippen molar-refractivity contribution in [2.75, 3.05) is 6.61 Å². The van der Waals surface area contributed by atoms with Crippen LogP contribution in [0.15, 0.2) is 84.9 Å². The van der Waals surface area contributed by atoms with E-state index in [-0.39, 0.29) is 29.9 Å². The Balaban J connectivity index is 1.75. The largest absolute Gasteiger partial charge is 0.447 e. The van der Waals surface area contributed by atoms with E-state index in [1.165, 1.54) is 5.56 Å². The van der Waals surface area contributed by atoms with Gasteiger partial charge in [0.1, 0.15) is 6.61 Å². The number of ether oxygens (including phenoxy) is 1. The van der Waals surface area contributed by atoms with E-state index in [4.69, 9.17) is 4.74 Å². The lowest BCUT2D eigenvalue weighted by molar-refractivity contribution is -0.176. The summed E-state index contributed by atoms with van der Waals surface area (Å²) in [5, 5.41) is 0.206. The van der Waals surface area contributed by atoms with Crippen LogP contribution < -0.4 is 0 Å². The molecule has 0 unspecified atom stereocenters. The number of benzene rings is 3. The molecule has 2 saturated heterocycles. The standard InChI is InChI=1S/C33H42N2O3Si2/c1-24-18-20-25(21-19-24)22-33(35-28(23-38-31(35)37)26-14-10-8-11-15-26)29(27-16-12-9-13-17-27)34(30(33)36)32(39(2,3)4)40(5,6)7/h8-21,28-29,32H,22-23H2,1-7H3/t28-,29-,33-/m1/s1. The van der Waals surface area contributed by atoms with Crippen LogP contribution in [-0.2, 0) is 16.0 Å². The molecule has 0 aromatic heterocycles. The number of nitrogens with zero attached hydrogens (tertiary/aromatic N) is 2. The van der Waals surface area contributed by atoms with E-state index in [1.807, 2.05) is 53.4 Å². The molecule has 0 saturated carbocycles. The topological polar surface area (TPSA) is 49.9 Å². The van der Waals surface area contributed by atoms with Gasteiger partial charge in [0.2, 0.25) is 0 Å². The van der Waals surface area contributed by atoms with Gasteiger partial charge in [-0.1, -0.05) is 130 Å². The molecule has 2 aliphatic rings. The van der Waals surface area contributed by atoms with Crippen molar-refractivity contribution in [1.29, 1.82) is 0 Å². The Hall–Kier alpha value is -3.17. The van der Waals surface area contributed by atoms with Crippen molar-refractivity contribution >= 4 is 28.1 Å². The van der Waals surface area contributed by atoms with E-state index in [1.54, 1.807) is 0 Å². The second-order valence-electron chi connectivity index (χ2n) is 13.6. The molecule has 0 aliphatic carbocycles. The fraction of sp³-hybridized carbons (Fsp3) is 0.394. The van der Waals surface area contributed by atoms with Crippen molar-refractivity contribution in [1.82, 2.24) is 9.80 Å². The summed E-state index contributed by atoms with van der Waals surface area (Å²) in [6, 6.07) is 28.1. The Kier molecular flexibility index (Phi) is 7.34. The van der Waals surface area contributed by atoms with E-state index < -0.39 is 27.8 Å². The molecule has 0 radical (unpaired) electrons. The number of carbonyl (C=O) groups is 2. The molecular weight excluding hydrogens is 529 g/mol. The summed E-state index contributed by atoms with van der Waals surface area (Å²) in [5.41, 5.74) is 3.18. The summed E-state index contributed by atoms with van der Waals surface area (Å²) in [5.74, 6) is 0.0524. The monoisotopic (exact) mass is 570 g/mol. The van der Waals surface area contributed by atoms with Gasteiger partial charge in [0.15, 0.2) is 5.54 Å². The maximum atomic E-state index is 15.1. The molecule has 3 atom stereocenters. The minimum absolute atomic E-state index is 0.0524. The van der Waals surface area contributed by atoms with Crippen molar-refractivity contribution in [2.24, 2.45) is 0 Å². The Bertz CT molecular complexity index is 1350. The molecule has 210 valence electrons. The summed E-state index contributed by atoms with van der Waals surface area (Å²) < 4.78 is 5.77. The van der Waals surface area contributed by atoms with Crippen LogP contribution in [0.4, 0.5) is 4.79 Å². The van der Waals surface area contributed by atoms with Crippen LogP contribution in [0.1, 0.15) is 34.3 Å². The van der Waals surface area contributed by atoms with Gasteiger partial charge in [0.05, 0.1) is 28.2 Å². The number of hydrogen-bond acceptors (Lipinski definition) is 3. The lowest BCUT2D eigenvalue weighted by atomic mass is 9.69. The predicted molar refractivity (Wildman–Crippen MR) is 166 cm³/mol. The Morgan fingerprint density at radius 1 is 0.800 bits per heavy atom. The molecule has 0 N–H and O–H groups in total. The molecule has 0 bridgehead atoms. The van der Waals surface area contributed by atoms with Crippen LogP contribution in [0.25, 0.3) is 0 Å². The molecule has 2 aliphatic heterocycles. The molecule has 5 rings (SSSR count). The fourth-order valence-electron chi connectivity index (χ4n) is 7.39. The molecule has 40 heavy (non-hydrogen) atoms. The summed E-state index contributed by atoms with van der Waals surface area (Å²) >= 11 is 0. The van der Waals surface area contributed by atoms with Crippen LogP contribution in [0.2, 0.25) is 39.3 Å². The smallest absolute Gasteiger partial charge is 0.411 e. The van der Waals surface area contributed by atoms with Gasteiger partial charge in [-0.25, -0.2) is 4.79 Å². The molecule has 3 aromatic rings. The van der Waals surface area contributed by atoms with Gasteiger partial charge in [-0.15, -0.1) is 0 Å². The van der Waals surface area contributed by atoms with Gasteiger partial charge in [-0.2, -0.15) is 0 Å². The van der Waals surface area contributed by atoms with Gasteiger partial charge >= 0.3 is 6.09 Å². The highest BCUT2D eigenvalue weighted by Gasteiger charge is 2.71. The zero-order valence-corrected chi connectivity index (χ0v) is 26.8. The van der Waals surface area contributed by atoms with Gasteiger partial charge in [0, 0.05) is 11.7 Å². The van der Waals surface area contributed by atoms with Gasteiger partial charge in [0.25, 0.3) is 5.91 Å². The number of cyclic esters (lactones) is 1. The third-order valence-electron chi connectivity index (χ3n) is 8.45. The molecule has 7 heteroatoms. The summed E-state index contributed by atoms with van der Waals surface area (Å²) in [6.07, 6.45) is 0.0255. The van der Waals surface area contributed by atoms with E-state index in [0.29, 0.717) is 6.42 Å². The molecule has 2 heterocycles. The van der Waals surface area contributed by atoms with E-state index >= 15 is 4.79 Å². The third-order valence-corrected chi connectivity index (χ3v) is 17.5. The Morgan fingerprint density at radius 2 is 1.32 bits per heavy atom. The van der Waals surface area contributed by atoms with Gasteiger partial charge < -0.3 is 9.64 Å². The quantitative estimate of drug-likeness (QED) is 0.213. The van der Waals surface area contributed by atoms with E-state index in [9.17, 15) is 4.79 Å². The fourth-order valence-corrected chi connectivity index (χ4v) is 20.0. The highest BCUT2D eigenvalue weighted by Crippen LogP contribution is 2.55. The molecule has 2 amide bonds. The van der Waals surface area contributed by atoms with Crippen LogP contribution in [0.5, 0.6) is 0 Å². The van der Waals surface area contributed by atoms with Crippen molar-refractivity contribution in [2.45, 2.75) is 75.5 Å². The highest BCUT2D eigenvalue weighted by atomic mass is 28.4. The zero-order valence-electron chi connectivity index (χ0n) is 24.8. The lowest BCUT2D eigenvalue weighted by Gasteiger charge is -2.65. The average Bonchev–Trinajstić information content (AvgIpc) is 3.29. The van der Waals surface area contributed by atoms with Crippen molar-refractivity contribution < 1.29 is 14.3 Å². The number of rotatable bonds is 8. The van der Waals surface area contributed by atoms with E-state index in [2.05, 4.69) is 87.5 Å². The average molecular weight is 571 g/mol. The molecule has 0 spiro atoms. The Labute approximate surface area is 241 Å². The number of carbonyl (C=O) groups excluding carboxylic acids is 2. The minimum Gasteiger partial charge on any atom is -0.447 e. The van der Waals surface area contributed by atoms with Crippen LogP contribution in [-0.4, -0.2) is 55.4 Å². The van der Waals surface area contributed by atoms with Crippen molar-refractivity contribution in [3.63, 3.8) is 0 Å². The Morgan fingerprint density at radius 3 is 1.85 bits per heavy atom. The lowest BCUT2D eigenvalue weighted by Crippen LogP contribution is -2.82. The molecular formula is C33H42N2O3Si2. The third kappa shape index (κ3) is 4.83. The number of amides is 2. The number of β-lactam (4-membered cyclic amide) rings is 1. The van der Waals surface area contributed by atoms with Crippen LogP contribution >= 0.6 is 0 Å². The summed E-state index contributed by atoms with van der Waals surface area (Å²) in [6.45, 7) is 16.6. The molecule has 5 nitrogen and oxygen atoms in total. The minimum atomic E-state index is -1.84. The van der Waals surface area contributed by atoms with Gasteiger partial charge in [-0.3, -0.25) is 9.69 Å². The second-order valence-corrected chi connectivity index (χ2v) is 24.8.